The summed E-state index contributed by atoms with van der Waals surface area (Å²) in [7, 11) is -1.59. The molecule has 0 aliphatic carbocycles. The van der Waals surface area contributed by atoms with Crippen molar-refractivity contribution in [3.8, 4) is 0 Å². The van der Waals surface area contributed by atoms with Crippen LogP contribution in [0.1, 0.15) is 18.4 Å². The van der Waals surface area contributed by atoms with Crippen molar-refractivity contribution in [1.29, 1.82) is 0 Å². The van der Waals surface area contributed by atoms with Crippen LogP contribution in [0.4, 0.5) is 4.39 Å². The maximum Gasteiger partial charge on any atom is 0.216 e. The van der Waals surface area contributed by atoms with Crippen LogP contribution in [0.5, 0.6) is 0 Å². The van der Waals surface area contributed by atoms with E-state index in [4.69, 9.17) is 11.6 Å². The molecule has 1 fully saturated rings. The van der Waals surface area contributed by atoms with Crippen molar-refractivity contribution in [1.82, 2.24) is 9.62 Å². The minimum absolute atomic E-state index is 0.0228. The van der Waals surface area contributed by atoms with Crippen molar-refractivity contribution < 1.29 is 12.8 Å². The standard InChI is InChI=1S/C13H18ClFN2O2S/c1-17-7-5-10(6-8-17)16-20(18,19)9-11-12(14)3-2-4-13(11)15/h2-4,10,16H,5-9H2,1H3. The quantitative estimate of drug-likeness (QED) is 0.923. The van der Waals surface area contributed by atoms with Gasteiger partial charge in [-0.15, -0.1) is 0 Å². The zero-order valence-electron chi connectivity index (χ0n) is 11.3. The fraction of sp³-hybridized carbons (Fsp3) is 0.538. The molecule has 1 aliphatic heterocycles. The van der Waals surface area contributed by atoms with Gasteiger partial charge in [0.05, 0.1) is 5.75 Å². The normalized spacial score (nSPS) is 18.4. The van der Waals surface area contributed by atoms with E-state index in [1.807, 2.05) is 7.05 Å². The molecule has 1 aromatic rings. The lowest BCUT2D eigenvalue weighted by molar-refractivity contribution is 0.248. The highest BCUT2D eigenvalue weighted by atomic mass is 35.5. The Morgan fingerprint density at radius 1 is 1.40 bits per heavy atom. The maximum atomic E-state index is 13.6. The molecule has 0 amide bonds. The minimum atomic E-state index is -3.59. The zero-order chi connectivity index (χ0) is 14.8. The second-order valence-electron chi connectivity index (χ2n) is 5.15. The first-order valence-corrected chi connectivity index (χ1v) is 8.52. The smallest absolute Gasteiger partial charge is 0.216 e. The van der Waals surface area contributed by atoms with Crippen molar-refractivity contribution in [3.63, 3.8) is 0 Å². The van der Waals surface area contributed by atoms with Crippen LogP contribution in [-0.2, 0) is 15.8 Å². The van der Waals surface area contributed by atoms with Crippen LogP contribution in [0.25, 0.3) is 0 Å². The summed E-state index contributed by atoms with van der Waals surface area (Å²) < 4.78 is 40.5. The second kappa shape index (κ2) is 6.39. The first-order valence-electron chi connectivity index (χ1n) is 6.49. The Balaban J connectivity index is 2.04. The van der Waals surface area contributed by atoms with Gasteiger partial charge in [-0.2, -0.15) is 0 Å². The summed E-state index contributed by atoms with van der Waals surface area (Å²) in [6, 6.07) is 4.08. The van der Waals surface area contributed by atoms with Gasteiger partial charge in [-0.1, -0.05) is 17.7 Å². The van der Waals surface area contributed by atoms with Crippen molar-refractivity contribution in [2.75, 3.05) is 20.1 Å². The number of likely N-dealkylation sites (tertiary alicyclic amines) is 1. The fourth-order valence-corrected chi connectivity index (χ4v) is 4.09. The molecule has 112 valence electrons. The summed E-state index contributed by atoms with van der Waals surface area (Å²) in [6.07, 6.45) is 1.53. The van der Waals surface area contributed by atoms with Gasteiger partial charge in [0.2, 0.25) is 10.0 Å². The van der Waals surface area contributed by atoms with E-state index in [1.165, 1.54) is 18.2 Å². The molecule has 0 bridgehead atoms. The van der Waals surface area contributed by atoms with Crippen molar-refractivity contribution in [2.24, 2.45) is 0 Å². The van der Waals surface area contributed by atoms with E-state index in [-0.39, 0.29) is 16.6 Å². The molecule has 1 heterocycles. The zero-order valence-corrected chi connectivity index (χ0v) is 12.8. The summed E-state index contributed by atoms with van der Waals surface area (Å²) >= 11 is 5.86. The lowest BCUT2D eigenvalue weighted by atomic mass is 10.1. The molecular formula is C13H18ClFN2O2S. The number of halogens is 2. The van der Waals surface area contributed by atoms with Crippen LogP contribution in [0.3, 0.4) is 0 Å². The van der Waals surface area contributed by atoms with Gasteiger partial charge < -0.3 is 4.90 Å². The number of nitrogens with one attached hydrogen (secondary N) is 1. The van der Waals surface area contributed by atoms with Gasteiger partial charge in [0.1, 0.15) is 5.82 Å². The van der Waals surface area contributed by atoms with E-state index in [2.05, 4.69) is 9.62 Å². The van der Waals surface area contributed by atoms with Gasteiger partial charge in [-0.05, 0) is 45.1 Å². The van der Waals surface area contributed by atoms with Crippen molar-refractivity contribution in [2.45, 2.75) is 24.6 Å². The Morgan fingerprint density at radius 3 is 2.65 bits per heavy atom. The SMILES string of the molecule is CN1CCC(NS(=O)(=O)Cc2c(F)cccc2Cl)CC1. The van der Waals surface area contributed by atoms with E-state index in [0.717, 1.165) is 25.9 Å². The lowest BCUT2D eigenvalue weighted by Gasteiger charge is -2.29. The number of benzene rings is 1. The maximum absolute atomic E-state index is 13.6. The molecule has 0 unspecified atom stereocenters. The largest absolute Gasteiger partial charge is 0.306 e. The third-order valence-corrected chi connectivity index (χ3v) is 5.18. The minimum Gasteiger partial charge on any atom is -0.306 e. The monoisotopic (exact) mass is 320 g/mol. The summed E-state index contributed by atoms with van der Waals surface area (Å²) in [5, 5.41) is 0.138. The molecule has 0 atom stereocenters. The Bertz CT molecular complexity index is 551. The Labute approximate surface area is 124 Å². The molecule has 0 spiro atoms. The molecule has 7 heteroatoms. The van der Waals surface area contributed by atoms with E-state index in [0.29, 0.717) is 0 Å². The number of rotatable bonds is 4. The molecule has 0 aromatic heterocycles. The predicted octanol–water partition coefficient (Wildman–Crippen LogP) is 1.99. The Morgan fingerprint density at radius 2 is 2.05 bits per heavy atom. The van der Waals surface area contributed by atoms with E-state index >= 15 is 0 Å². The molecule has 1 aliphatic rings. The van der Waals surface area contributed by atoms with Crippen molar-refractivity contribution >= 4 is 21.6 Å². The summed E-state index contributed by atoms with van der Waals surface area (Å²) in [5.41, 5.74) is 0.0228. The van der Waals surface area contributed by atoms with E-state index in [9.17, 15) is 12.8 Å². The van der Waals surface area contributed by atoms with Gasteiger partial charge in [0.25, 0.3) is 0 Å². The van der Waals surface area contributed by atoms with E-state index < -0.39 is 21.6 Å². The highest BCUT2D eigenvalue weighted by molar-refractivity contribution is 7.88. The highest BCUT2D eigenvalue weighted by Gasteiger charge is 2.24. The third-order valence-electron chi connectivity index (χ3n) is 3.46. The van der Waals surface area contributed by atoms with Gasteiger partial charge >= 0.3 is 0 Å². The highest BCUT2D eigenvalue weighted by Crippen LogP contribution is 2.21. The lowest BCUT2D eigenvalue weighted by Crippen LogP contribution is -2.43. The second-order valence-corrected chi connectivity index (χ2v) is 7.32. The van der Waals surface area contributed by atoms with Crippen LogP contribution in [0.15, 0.2) is 18.2 Å². The molecule has 1 aromatic carbocycles. The number of piperidine rings is 1. The molecular weight excluding hydrogens is 303 g/mol. The topological polar surface area (TPSA) is 49.4 Å². The van der Waals surface area contributed by atoms with Gasteiger partial charge in [-0.25, -0.2) is 17.5 Å². The first kappa shape index (κ1) is 15.7. The first-order chi connectivity index (χ1) is 9.37. The molecule has 0 saturated carbocycles. The molecule has 2 rings (SSSR count). The average Bonchev–Trinajstić information content (AvgIpc) is 2.37. The van der Waals surface area contributed by atoms with E-state index in [1.54, 1.807) is 0 Å². The summed E-state index contributed by atoms with van der Waals surface area (Å²) in [5.74, 6) is -1.02. The molecule has 1 saturated heterocycles. The Kier molecular flexibility index (Phi) is 5.01. The third kappa shape index (κ3) is 4.15. The summed E-state index contributed by atoms with van der Waals surface area (Å²) in [4.78, 5) is 2.15. The van der Waals surface area contributed by atoms with Crippen LogP contribution in [-0.4, -0.2) is 39.5 Å². The van der Waals surface area contributed by atoms with Gasteiger partial charge in [0.15, 0.2) is 0 Å². The van der Waals surface area contributed by atoms with Crippen LogP contribution in [0.2, 0.25) is 5.02 Å². The predicted molar refractivity (Wildman–Crippen MR) is 77.7 cm³/mol. The number of hydrogen-bond donors (Lipinski definition) is 1. The van der Waals surface area contributed by atoms with Crippen LogP contribution in [0, 0.1) is 5.82 Å². The van der Waals surface area contributed by atoms with Crippen molar-refractivity contribution in [3.05, 3.63) is 34.6 Å². The molecule has 1 N–H and O–H groups in total. The Hall–Kier alpha value is -0.690. The molecule has 0 radical (unpaired) electrons. The number of nitrogens with zero attached hydrogens (tertiary/aromatic N) is 1. The fourth-order valence-electron chi connectivity index (χ4n) is 2.28. The molecule has 4 nitrogen and oxygen atoms in total. The van der Waals surface area contributed by atoms with Gasteiger partial charge in [-0.3, -0.25) is 0 Å². The average molecular weight is 321 g/mol. The summed E-state index contributed by atoms with van der Waals surface area (Å²) in [6.45, 7) is 1.71. The van der Waals surface area contributed by atoms with Gasteiger partial charge in [0, 0.05) is 16.6 Å². The number of hydrogen-bond acceptors (Lipinski definition) is 3. The van der Waals surface area contributed by atoms with Crippen LogP contribution < -0.4 is 4.72 Å². The number of sulfonamides is 1. The molecule has 20 heavy (non-hydrogen) atoms. The van der Waals surface area contributed by atoms with Crippen LogP contribution >= 0.6 is 11.6 Å².